The molecular weight excluding hydrogens is 399 g/mol. The zero-order chi connectivity index (χ0) is 21.8. The first-order valence-corrected chi connectivity index (χ1v) is 10.1. The highest BCUT2D eigenvalue weighted by Crippen LogP contribution is 2.19. The van der Waals surface area contributed by atoms with Crippen LogP contribution in [0.4, 0.5) is 10.1 Å². The van der Waals surface area contributed by atoms with Crippen LogP contribution in [0.1, 0.15) is 28.9 Å². The molecule has 1 aliphatic rings. The lowest BCUT2D eigenvalue weighted by Gasteiger charge is -2.16. The van der Waals surface area contributed by atoms with Gasteiger partial charge in [0.25, 0.3) is 5.91 Å². The van der Waals surface area contributed by atoms with Crippen LogP contribution in [-0.2, 0) is 0 Å². The fourth-order valence-electron chi connectivity index (χ4n) is 3.46. The highest BCUT2D eigenvalue weighted by Gasteiger charge is 2.14. The van der Waals surface area contributed by atoms with Crippen molar-refractivity contribution >= 4 is 28.3 Å². The Hall–Kier alpha value is -3.43. The molecule has 3 N–H and O–H groups in total. The Morgan fingerprint density at radius 3 is 2.87 bits per heavy atom. The highest BCUT2D eigenvalue weighted by atomic mass is 19.1. The van der Waals surface area contributed by atoms with E-state index in [1.807, 2.05) is 0 Å². The lowest BCUT2D eigenvalue weighted by molar-refractivity contribution is 0.102. The molecule has 31 heavy (non-hydrogen) atoms. The molecule has 160 valence electrons. The number of anilines is 1. The van der Waals surface area contributed by atoms with Crippen molar-refractivity contribution in [3.05, 3.63) is 66.1 Å². The third kappa shape index (κ3) is 4.84. The van der Waals surface area contributed by atoms with Gasteiger partial charge in [0.1, 0.15) is 5.52 Å². The number of carbonyl (C=O) groups excluding carboxylic acids is 1. The van der Waals surface area contributed by atoms with Crippen LogP contribution in [0.2, 0.25) is 0 Å². The van der Waals surface area contributed by atoms with Crippen molar-refractivity contribution < 1.29 is 14.3 Å². The first kappa shape index (κ1) is 20.8. The van der Waals surface area contributed by atoms with Gasteiger partial charge in [-0.05, 0) is 38.4 Å². The number of piperidine rings is 1. The lowest BCUT2D eigenvalue weighted by Crippen LogP contribution is -2.33. The van der Waals surface area contributed by atoms with Crippen LogP contribution in [0.3, 0.4) is 0 Å². The van der Waals surface area contributed by atoms with Gasteiger partial charge in [-0.3, -0.25) is 14.8 Å². The van der Waals surface area contributed by atoms with Crippen molar-refractivity contribution in [2.75, 3.05) is 18.4 Å². The number of pyridine rings is 1. The number of nitrogens with zero attached hydrogens (tertiary/aromatic N) is 4. The van der Waals surface area contributed by atoms with E-state index >= 15 is 0 Å². The molecule has 0 saturated carbocycles. The molecule has 3 aromatic heterocycles. The summed E-state index contributed by atoms with van der Waals surface area (Å²) in [6.45, 7) is 3.65. The molecule has 5 rings (SSSR count). The molecule has 1 fully saturated rings. The Bertz CT molecular complexity index is 1210. The van der Waals surface area contributed by atoms with Gasteiger partial charge in [0.2, 0.25) is 0 Å². The van der Waals surface area contributed by atoms with Gasteiger partial charge < -0.3 is 20.1 Å². The predicted octanol–water partition coefficient (Wildman–Crippen LogP) is 2.71. The van der Waals surface area contributed by atoms with Gasteiger partial charge in [0.05, 0.1) is 28.6 Å². The number of hydrogen-bond donors (Lipinski definition) is 3. The van der Waals surface area contributed by atoms with E-state index in [1.165, 1.54) is 12.3 Å². The molecule has 0 radical (unpaired) electrons. The van der Waals surface area contributed by atoms with E-state index in [2.05, 4.69) is 25.6 Å². The summed E-state index contributed by atoms with van der Waals surface area (Å²) in [7, 11) is 0. The van der Waals surface area contributed by atoms with Gasteiger partial charge in [0.15, 0.2) is 11.5 Å². The van der Waals surface area contributed by atoms with Gasteiger partial charge in [0, 0.05) is 37.4 Å². The number of rotatable bonds is 2. The monoisotopic (exact) mass is 422 g/mol. The summed E-state index contributed by atoms with van der Waals surface area (Å²) in [5.74, 6) is -0.879. The first-order valence-electron chi connectivity index (χ1n) is 10.1. The molecule has 4 heterocycles. The SMILES string of the molecule is Cc1cn2cc(NC(=O)c3cccc4nccnc34)cc(F)c2n1.OC1CCCNC1. The molecule has 1 amide bonds. The third-order valence-corrected chi connectivity index (χ3v) is 4.90. The molecule has 8 nitrogen and oxygen atoms in total. The molecule has 0 spiro atoms. The smallest absolute Gasteiger partial charge is 0.257 e. The Morgan fingerprint density at radius 2 is 2.13 bits per heavy atom. The largest absolute Gasteiger partial charge is 0.392 e. The zero-order valence-corrected chi connectivity index (χ0v) is 17.0. The summed E-state index contributed by atoms with van der Waals surface area (Å²) >= 11 is 0. The predicted molar refractivity (Wildman–Crippen MR) is 115 cm³/mol. The molecule has 9 heteroatoms. The van der Waals surface area contributed by atoms with Crippen LogP contribution in [-0.4, -0.2) is 49.6 Å². The molecule has 1 aromatic carbocycles. The number of aromatic nitrogens is 4. The van der Waals surface area contributed by atoms with E-state index in [-0.39, 0.29) is 17.7 Å². The molecule has 1 atom stereocenters. The van der Waals surface area contributed by atoms with Crippen LogP contribution >= 0.6 is 0 Å². The van der Waals surface area contributed by atoms with Crippen molar-refractivity contribution in [2.24, 2.45) is 0 Å². The Labute approximate surface area is 178 Å². The van der Waals surface area contributed by atoms with Crippen LogP contribution < -0.4 is 10.6 Å². The fourth-order valence-corrected chi connectivity index (χ4v) is 3.46. The number of amides is 1. The number of hydrogen-bond acceptors (Lipinski definition) is 6. The average Bonchev–Trinajstić information content (AvgIpc) is 3.15. The highest BCUT2D eigenvalue weighted by molar-refractivity contribution is 6.11. The number of β-amino-alcohol motifs (C(OH)–C–C–N with tert-alkyl or cyclic N) is 1. The van der Waals surface area contributed by atoms with Gasteiger partial charge in [-0.2, -0.15) is 0 Å². The number of carbonyl (C=O) groups is 1. The number of aliphatic hydroxyl groups excluding tert-OH is 1. The molecule has 0 bridgehead atoms. The summed E-state index contributed by atoms with van der Waals surface area (Å²) in [4.78, 5) is 25.0. The minimum atomic E-state index is -0.501. The Morgan fingerprint density at radius 1 is 1.29 bits per heavy atom. The van der Waals surface area contributed by atoms with Gasteiger partial charge in [-0.1, -0.05) is 6.07 Å². The first-order chi connectivity index (χ1) is 15.0. The minimum absolute atomic E-state index is 0.0752. The molecule has 1 aliphatic heterocycles. The van der Waals surface area contributed by atoms with E-state index in [1.54, 1.807) is 48.1 Å². The van der Waals surface area contributed by atoms with E-state index in [0.717, 1.165) is 25.9 Å². The third-order valence-electron chi connectivity index (χ3n) is 4.90. The van der Waals surface area contributed by atoms with Crippen LogP contribution in [0.5, 0.6) is 0 Å². The van der Waals surface area contributed by atoms with Crippen molar-refractivity contribution in [1.82, 2.24) is 24.7 Å². The van der Waals surface area contributed by atoms with E-state index in [4.69, 9.17) is 5.11 Å². The number of para-hydroxylation sites is 1. The van der Waals surface area contributed by atoms with Gasteiger partial charge >= 0.3 is 0 Å². The topological polar surface area (TPSA) is 104 Å². The number of imidazole rings is 1. The molecule has 1 unspecified atom stereocenters. The maximum atomic E-state index is 14.1. The van der Waals surface area contributed by atoms with Crippen molar-refractivity contribution in [3.63, 3.8) is 0 Å². The zero-order valence-electron chi connectivity index (χ0n) is 17.0. The summed E-state index contributed by atoms with van der Waals surface area (Å²) in [5.41, 5.74) is 2.75. The van der Waals surface area contributed by atoms with Crippen LogP contribution in [0.15, 0.2) is 49.1 Å². The summed E-state index contributed by atoms with van der Waals surface area (Å²) in [6.07, 6.45) is 8.43. The second-order valence-electron chi connectivity index (χ2n) is 7.37. The fraction of sp³-hybridized carbons (Fsp3) is 0.273. The van der Waals surface area contributed by atoms with Crippen LogP contribution in [0, 0.1) is 12.7 Å². The summed E-state index contributed by atoms with van der Waals surface area (Å²) < 4.78 is 15.7. The number of aliphatic hydroxyl groups is 1. The standard InChI is InChI=1S/C17H12FN5O.C5H11NO/c1-10-8-23-9-11(7-13(18)16(23)21-10)22-17(24)12-3-2-4-14-15(12)20-6-5-19-14;7-5-2-1-3-6-4-5/h2-9H,1H3,(H,22,24);5-7H,1-4H2. The van der Waals surface area contributed by atoms with E-state index < -0.39 is 5.82 Å². The maximum Gasteiger partial charge on any atom is 0.257 e. The number of halogens is 1. The molecule has 0 aliphatic carbocycles. The number of fused-ring (bicyclic) bond motifs is 2. The number of benzene rings is 1. The maximum absolute atomic E-state index is 14.1. The van der Waals surface area contributed by atoms with Crippen molar-refractivity contribution in [3.8, 4) is 0 Å². The number of aryl methyl sites for hydroxylation is 1. The summed E-state index contributed by atoms with van der Waals surface area (Å²) in [5, 5.41) is 14.6. The van der Waals surface area contributed by atoms with Gasteiger partial charge in [-0.15, -0.1) is 0 Å². The Balaban J connectivity index is 0.000000282. The average molecular weight is 422 g/mol. The molecule has 1 saturated heterocycles. The van der Waals surface area contributed by atoms with Crippen molar-refractivity contribution in [2.45, 2.75) is 25.9 Å². The van der Waals surface area contributed by atoms with Gasteiger partial charge in [-0.25, -0.2) is 9.37 Å². The van der Waals surface area contributed by atoms with Crippen molar-refractivity contribution in [1.29, 1.82) is 0 Å². The molecular formula is C22H23FN6O2. The lowest BCUT2D eigenvalue weighted by atomic mass is 10.1. The van der Waals surface area contributed by atoms with E-state index in [9.17, 15) is 9.18 Å². The second-order valence-corrected chi connectivity index (χ2v) is 7.37. The Kier molecular flexibility index (Phi) is 6.15. The molecule has 4 aromatic rings. The normalized spacial score (nSPS) is 16.0. The van der Waals surface area contributed by atoms with E-state index in [0.29, 0.717) is 28.0 Å². The minimum Gasteiger partial charge on any atom is -0.392 e. The summed E-state index contributed by atoms with van der Waals surface area (Å²) in [6, 6.07) is 6.41. The second kappa shape index (κ2) is 9.15. The van der Waals surface area contributed by atoms with Crippen LogP contribution in [0.25, 0.3) is 16.7 Å². The number of nitrogens with one attached hydrogen (secondary N) is 2. The quantitative estimate of drug-likeness (QED) is 0.459.